The van der Waals surface area contributed by atoms with Crippen molar-refractivity contribution in [3.8, 4) is 0 Å². The summed E-state index contributed by atoms with van der Waals surface area (Å²) in [6, 6.07) is 9.94. The van der Waals surface area contributed by atoms with Crippen molar-refractivity contribution in [2.45, 2.75) is 50.7 Å². The number of nitrogens with one attached hydrogen (secondary N) is 1. The second-order valence-electron chi connectivity index (χ2n) is 8.17. The molecule has 1 aromatic carbocycles. The molecule has 8 heteroatoms. The Morgan fingerprint density at radius 3 is 2.73 bits per heavy atom. The van der Waals surface area contributed by atoms with E-state index in [0.717, 1.165) is 36.9 Å². The minimum atomic E-state index is -0.858. The van der Waals surface area contributed by atoms with Gasteiger partial charge in [0.1, 0.15) is 11.3 Å². The fourth-order valence-electron chi connectivity index (χ4n) is 4.00. The molecule has 3 aromatic rings. The van der Waals surface area contributed by atoms with E-state index in [1.54, 1.807) is 21.8 Å². The van der Waals surface area contributed by atoms with E-state index >= 15 is 0 Å². The number of aliphatic hydroxyl groups is 1. The van der Waals surface area contributed by atoms with Crippen molar-refractivity contribution in [3.63, 3.8) is 0 Å². The predicted octanol–water partition coefficient (Wildman–Crippen LogP) is 2.36. The van der Waals surface area contributed by atoms with Gasteiger partial charge in [-0.05, 0) is 25.3 Å². The van der Waals surface area contributed by atoms with Gasteiger partial charge in [0.15, 0.2) is 0 Å². The highest BCUT2D eigenvalue weighted by Gasteiger charge is 2.36. The van der Waals surface area contributed by atoms with Crippen molar-refractivity contribution in [1.82, 2.24) is 30.1 Å². The Hall–Kier alpha value is -3.00. The molecular formula is C22H28N6O2. The van der Waals surface area contributed by atoms with Gasteiger partial charge in [0.05, 0.1) is 29.7 Å². The van der Waals surface area contributed by atoms with Crippen molar-refractivity contribution >= 4 is 5.91 Å². The Bertz CT molecular complexity index is 1000. The SMILES string of the molecule is CC(CNC(=O)c1cnn(C)c1Cc1ccccc1)n1cc(C2(O)CCCC2)nn1. The fraction of sp³-hybridized carbons (Fsp3) is 0.455. The Morgan fingerprint density at radius 1 is 1.27 bits per heavy atom. The molecule has 0 saturated heterocycles. The smallest absolute Gasteiger partial charge is 0.254 e. The second kappa shape index (κ2) is 8.39. The molecule has 30 heavy (non-hydrogen) atoms. The van der Waals surface area contributed by atoms with Crippen LogP contribution in [0.2, 0.25) is 0 Å². The number of amides is 1. The zero-order chi connectivity index (χ0) is 21.1. The van der Waals surface area contributed by atoms with Crippen LogP contribution in [0.15, 0.2) is 42.7 Å². The van der Waals surface area contributed by atoms with Crippen LogP contribution < -0.4 is 5.32 Å². The number of carbonyl (C=O) groups is 1. The third-order valence-corrected chi connectivity index (χ3v) is 5.95. The van der Waals surface area contributed by atoms with Crippen LogP contribution in [0.4, 0.5) is 0 Å². The van der Waals surface area contributed by atoms with Gasteiger partial charge in [0.2, 0.25) is 0 Å². The first-order chi connectivity index (χ1) is 14.5. The second-order valence-corrected chi connectivity index (χ2v) is 8.17. The van der Waals surface area contributed by atoms with Crippen LogP contribution in [-0.2, 0) is 19.1 Å². The maximum absolute atomic E-state index is 12.8. The van der Waals surface area contributed by atoms with Gasteiger partial charge in [-0.15, -0.1) is 5.10 Å². The molecule has 1 amide bonds. The number of hydrogen-bond donors (Lipinski definition) is 2. The first-order valence-corrected chi connectivity index (χ1v) is 10.4. The third-order valence-electron chi connectivity index (χ3n) is 5.95. The highest BCUT2D eigenvalue weighted by Crippen LogP contribution is 2.37. The molecule has 1 saturated carbocycles. The third kappa shape index (κ3) is 4.14. The monoisotopic (exact) mass is 408 g/mol. The van der Waals surface area contributed by atoms with E-state index in [1.165, 1.54) is 0 Å². The largest absolute Gasteiger partial charge is 0.383 e. The zero-order valence-electron chi connectivity index (χ0n) is 17.5. The molecule has 0 radical (unpaired) electrons. The summed E-state index contributed by atoms with van der Waals surface area (Å²) >= 11 is 0. The highest BCUT2D eigenvalue weighted by molar-refractivity contribution is 5.95. The Morgan fingerprint density at radius 2 is 2.00 bits per heavy atom. The topological polar surface area (TPSA) is 97.9 Å². The predicted molar refractivity (Wildman–Crippen MR) is 112 cm³/mol. The fourth-order valence-corrected chi connectivity index (χ4v) is 4.00. The molecule has 1 atom stereocenters. The van der Waals surface area contributed by atoms with Crippen LogP contribution in [0.1, 0.15) is 66.0 Å². The lowest BCUT2D eigenvalue weighted by atomic mass is 9.99. The molecule has 0 aliphatic heterocycles. The molecule has 2 aromatic heterocycles. The molecule has 1 unspecified atom stereocenters. The van der Waals surface area contributed by atoms with Crippen LogP contribution in [0.3, 0.4) is 0 Å². The summed E-state index contributed by atoms with van der Waals surface area (Å²) in [6.45, 7) is 2.37. The van der Waals surface area contributed by atoms with Crippen molar-refractivity contribution < 1.29 is 9.90 Å². The molecular weight excluding hydrogens is 380 g/mol. The van der Waals surface area contributed by atoms with Crippen LogP contribution >= 0.6 is 0 Å². The first-order valence-electron chi connectivity index (χ1n) is 10.4. The maximum atomic E-state index is 12.8. The zero-order valence-corrected chi connectivity index (χ0v) is 17.5. The Kier molecular flexibility index (Phi) is 5.67. The van der Waals surface area contributed by atoms with Crippen molar-refractivity contribution in [2.75, 3.05) is 6.54 Å². The van der Waals surface area contributed by atoms with E-state index in [1.807, 2.05) is 44.3 Å². The lowest BCUT2D eigenvalue weighted by Crippen LogP contribution is -2.30. The summed E-state index contributed by atoms with van der Waals surface area (Å²) in [4.78, 5) is 12.8. The average molecular weight is 409 g/mol. The van der Waals surface area contributed by atoms with E-state index in [4.69, 9.17) is 0 Å². The molecule has 0 spiro atoms. The van der Waals surface area contributed by atoms with Gasteiger partial charge in [-0.3, -0.25) is 9.48 Å². The molecule has 1 aliphatic carbocycles. The lowest BCUT2D eigenvalue weighted by Gasteiger charge is -2.18. The highest BCUT2D eigenvalue weighted by atomic mass is 16.3. The average Bonchev–Trinajstić information content (AvgIpc) is 3.49. The van der Waals surface area contributed by atoms with Gasteiger partial charge < -0.3 is 10.4 Å². The standard InChI is InChI=1S/C22H28N6O2/c1-16(28-15-20(25-26-28)22(30)10-6-7-11-22)13-23-21(29)18-14-24-27(2)19(18)12-17-8-4-3-5-9-17/h3-5,8-9,14-16,30H,6-7,10-13H2,1-2H3,(H,23,29). The molecule has 2 heterocycles. The van der Waals surface area contributed by atoms with Crippen molar-refractivity contribution in [1.29, 1.82) is 0 Å². The van der Waals surface area contributed by atoms with Crippen molar-refractivity contribution in [3.05, 3.63) is 65.2 Å². The van der Waals surface area contributed by atoms with E-state index in [2.05, 4.69) is 20.7 Å². The van der Waals surface area contributed by atoms with Gasteiger partial charge in [-0.1, -0.05) is 48.4 Å². The van der Waals surface area contributed by atoms with Gasteiger partial charge in [0.25, 0.3) is 5.91 Å². The van der Waals surface area contributed by atoms with Crippen LogP contribution in [0, 0.1) is 0 Å². The maximum Gasteiger partial charge on any atom is 0.254 e. The minimum Gasteiger partial charge on any atom is -0.383 e. The molecule has 1 fully saturated rings. The van der Waals surface area contributed by atoms with Gasteiger partial charge in [-0.25, -0.2) is 4.68 Å². The van der Waals surface area contributed by atoms with Gasteiger partial charge in [-0.2, -0.15) is 5.10 Å². The van der Waals surface area contributed by atoms with E-state index in [9.17, 15) is 9.90 Å². The molecule has 0 bridgehead atoms. The van der Waals surface area contributed by atoms with Gasteiger partial charge in [0, 0.05) is 20.0 Å². The number of aryl methyl sites for hydroxylation is 1. The summed E-state index contributed by atoms with van der Waals surface area (Å²) in [6.07, 6.45) is 7.51. The van der Waals surface area contributed by atoms with Crippen molar-refractivity contribution in [2.24, 2.45) is 7.05 Å². The molecule has 1 aliphatic rings. The summed E-state index contributed by atoms with van der Waals surface area (Å²) in [5, 5.41) is 26.3. The summed E-state index contributed by atoms with van der Waals surface area (Å²) in [7, 11) is 1.85. The quantitative estimate of drug-likeness (QED) is 0.625. The normalized spacial score (nSPS) is 16.5. The number of nitrogens with zero attached hydrogens (tertiary/aromatic N) is 5. The first kappa shape index (κ1) is 20.3. The Labute approximate surface area is 175 Å². The molecule has 8 nitrogen and oxygen atoms in total. The molecule has 158 valence electrons. The van der Waals surface area contributed by atoms with Crippen LogP contribution in [0.5, 0.6) is 0 Å². The minimum absolute atomic E-state index is 0.0885. The lowest BCUT2D eigenvalue weighted by molar-refractivity contribution is 0.0398. The number of rotatable bonds is 7. The number of hydrogen-bond acceptors (Lipinski definition) is 5. The molecule has 4 rings (SSSR count). The number of benzene rings is 1. The van der Waals surface area contributed by atoms with Crippen LogP contribution in [-0.4, -0.2) is 42.3 Å². The summed E-state index contributed by atoms with van der Waals surface area (Å²) in [5.74, 6) is -0.157. The Balaban J connectivity index is 1.40. The number of aromatic nitrogens is 5. The summed E-state index contributed by atoms with van der Waals surface area (Å²) < 4.78 is 3.46. The van der Waals surface area contributed by atoms with E-state index < -0.39 is 5.60 Å². The molecule has 2 N–H and O–H groups in total. The summed E-state index contributed by atoms with van der Waals surface area (Å²) in [5.41, 5.74) is 2.34. The van der Waals surface area contributed by atoms with E-state index in [0.29, 0.717) is 24.2 Å². The van der Waals surface area contributed by atoms with E-state index in [-0.39, 0.29) is 11.9 Å². The van der Waals surface area contributed by atoms with Crippen LogP contribution in [0.25, 0.3) is 0 Å². The number of carbonyl (C=O) groups excluding carboxylic acids is 1. The van der Waals surface area contributed by atoms with Gasteiger partial charge >= 0.3 is 0 Å².